The van der Waals surface area contributed by atoms with Crippen LogP contribution in [0.4, 0.5) is 0 Å². The Morgan fingerprint density at radius 1 is 1.52 bits per heavy atom. The zero-order valence-electron chi connectivity index (χ0n) is 11.9. The molecule has 2 aliphatic rings. The van der Waals surface area contributed by atoms with Gasteiger partial charge in [-0.15, -0.1) is 24.2 Å². The Kier molecular flexibility index (Phi) is 5.47. The maximum atomic E-state index is 12.5. The molecule has 1 aromatic carbocycles. The van der Waals surface area contributed by atoms with Crippen LogP contribution in [0.2, 0.25) is 5.02 Å². The quantitative estimate of drug-likeness (QED) is 0.861. The third kappa shape index (κ3) is 3.50. The number of thioether (sulfide) groups is 1. The standard InChI is InChI=1S/C15H19ClN2OS.ClH/c1-15(5-6-17-9-15)14(19)18-12-4-7-20-13-3-2-10(16)8-11(12)13;/h2-3,8,12,17H,4-7,9H2,1H3,(H,18,19);1H. The number of benzene rings is 1. The van der Waals surface area contributed by atoms with Crippen molar-refractivity contribution in [2.45, 2.75) is 30.7 Å². The van der Waals surface area contributed by atoms with Gasteiger partial charge in [0, 0.05) is 22.2 Å². The minimum Gasteiger partial charge on any atom is -0.349 e. The second kappa shape index (κ2) is 6.78. The molecule has 0 spiro atoms. The van der Waals surface area contributed by atoms with E-state index in [-0.39, 0.29) is 29.8 Å². The van der Waals surface area contributed by atoms with Crippen molar-refractivity contribution in [2.24, 2.45) is 5.41 Å². The molecule has 21 heavy (non-hydrogen) atoms. The smallest absolute Gasteiger partial charge is 0.227 e. The highest BCUT2D eigenvalue weighted by molar-refractivity contribution is 7.99. The third-order valence-electron chi connectivity index (χ3n) is 4.23. The molecule has 0 bridgehead atoms. The number of fused-ring (bicyclic) bond motifs is 1. The molecule has 3 nitrogen and oxygen atoms in total. The van der Waals surface area contributed by atoms with E-state index < -0.39 is 0 Å². The summed E-state index contributed by atoms with van der Waals surface area (Å²) in [6.45, 7) is 3.73. The predicted octanol–water partition coefficient (Wildman–Crippen LogP) is 3.41. The van der Waals surface area contributed by atoms with Crippen LogP contribution >= 0.6 is 35.8 Å². The predicted molar refractivity (Wildman–Crippen MR) is 90.5 cm³/mol. The monoisotopic (exact) mass is 346 g/mol. The first-order chi connectivity index (χ1) is 9.58. The number of carbonyl (C=O) groups is 1. The molecule has 0 radical (unpaired) electrons. The van der Waals surface area contributed by atoms with Crippen LogP contribution in [0.3, 0.4) is 0 Å². The van der Waals surface area contributed by atoms with Gasteiger partial charge in [-0.25, -0.2) is 0 Å². The second-order valence-corrected chi connectivity index (χ2v) is 7.41. The molecule has 1 fully saturated rings. The second-order valence-electron chi connectivity index (χ2n) is 5.83. The summed E-state index contributed by atoms with van der Waals surface area (Å²) < 4.78 is 0. The number of nitrogens with one attached hydrogen (secondary N) is 2. The van der Waals surface area contributed by atoms with Gasteiger partial charge in [0.2, 0.25) is 5.91 Å². The van der Waals surface area contributed by atoms with E-state index in [0.29, 0.717) is 0 Å². The highest BCUT2D eigenvalue weighted by atomic mass is 35.5. The third-order valence-corrected chi connectivity index (χ3v) is 5.59. The molecule has 2 aliphatic heterocycles. The van der Waals surface area contributed by atoms with Crippen molar-refractivity contribution in [3.05, 3.63) is 28.8 Å². The van der Waals surface area contributed by atoms with Crippen molar-refractivity contribution in [1.29, 1.82) is 0 Å². The molecule has 0 aliphatic carbocycles. The van der Waals surface area contributed by atoms with Crippen molar-refractivity contribution in [2.75, 3.05) is 18.8 Å². The fraction of sp³-hybridized carbons (Fsp3) is 0.533. The lowest BCUT2D eigenvalue weighted by Gasteiger charge is -2.30. The number of hydrogen-bond donors (Lipinski definition) is 2. The highest BCUT2D eigenvalue weighted by Gasteiger charge is 2.37. The molecule has 1 amide bonds. The number of carbonyl (C=O) groups excluding carboxylic acids is 1. The van der Waals surface area contributed by atoms with Gasteiger partial charge in [-0.2, -0.15) is 0 Å². The summed E-state index contributed by atoms with van der Waals surface area (Å²) in [6.07, 6.45) is 1.87. The Bertz CT molecular complexity index is 532. The van der Waals surface area contributed by atoms with E-state index in [9.17, 15) is 4.79 Å². The summed E-state index contributed by atoms with van der Waals surface area (Å²) in [7, 11) is 0. The first-order valence-corrected chi connectivity index (χ1v) is 8.39. The summed E-state index contributed by atoms with van der Waals surface area (Å²) >= 11 is 7.94. The Hall–Kier alpha value is -0.420. The van der Waals surface area contributed by atoms with Gasteiger partial charge in [-0.3, -0.25) is 4.79 Å². The summed E-state index contributed by atoms with van der Waals surface area (Å²) in [5.74, 6) is 1.19. The van der Waals surface area contributed by atoms with Crippen molar-refractivity contribution in [3.63, 3.8) is 0 Å². The van der Waals surface area contributed by atoms with E-state index in [0.717, 1.165) is 42.3 Å². The van der Waals surface area contributed by atoms with Crippen LogP contribution in [0.5, 0.6) is 0 Å². The minimum atomic E-state index is -0.274. The van der Waals surface area contributed by atoms with E-state index in [2.05, 4.69) is 16.7 Å². The van der Waals surface area contributed by atoms with Crippen LogP contribution in [-0.2, 0) is 4.79 Å². The van der Waals surface area contributed by atoms with E-state index in [4.69, 9.17) is 11.6 Å². The minimum absolute atomic E-state index is 0. The maximum Gasteiger partial charge on any atom is 0.227 e. The van der Waals surface area contributed by atoms with E-state index in [1.54, 1.807) is 0 Å². The molecule has 116 valence electrons. The fourth-order valence-corrected chi connectivity index (χ4v) is 4.14. The lowest BCUT2D eigenvalue weighted by Crippen LogP contribution is -2.42. The molecular formula is C15H20Cl2N2OS. The normalized spacial score (nSPS) is 27.6. The Labute approximate surface area is 141 Å². The van der Waals surface area contributed by atoms with Crippen LogP contribution in [-0.4, -0.2) is 24.7 Å². The molecule has 1 saturated heterocycles. The van der Waals surface area contributed by atoms with E-state index in [1.807, 2.05) is 30.8 Å². The van der Waals surface area contributed by atoms with E-state index >= 15 is 0 Å². The van der Waals surface area contributed by atoms with Crippen LogP contribution in [0.25, 0.3) is 0 Å². The first kappa shape index (κ1) is 16.9. The Balaban J connectivity index is 0.00000161. The molecule has 2 heterocycles. The molecule has 2 unspecified atom stereocenters. The lowest BCUT2D eigenvalue weighted by molar-refractivity contribution is -0.130. The van der Waals surface area contributed by atoms with Gasteiger partial charge in [0.05, 0.1) is 11.5 Å². The maximum absolute atomic E-state index is 12.5. The summed E-state index contributed by atoms with van der Waals surface area (Å²) in [4.78, 5) is 13.8. The lowest BCUT2D eigenvalue weighted by atomic mass is 9.88. The average molecular weight is 347 g/mol. The largest absolute Gasteiger partial charge is 0.349 e. The van der Waals surface area contributed by atoms with Gasteiger partial charge in [0.1, 0.15) is 0 Å². The fourth-order valence-electron chi connectivity index (χ4n) is 2.86. The molecule has 0 aromatic heterocycles. The SMILES string of the molecule is CC1(C(=O)NC2CCSc3ccc(Cl)cc32)CCNC1.Cl. The van der Waals surface area contributed by atoms with Gasteiger partial charge < -0.3 is 10.6 Å². The van der Waals surface area contributed by atoms with Crippen molar-refractivity contribution in [1.82, 2.24) is 10.6 Å². The molecule has 2 atom stereocenters. The van der Waals surface area contributed by atoms with Gasteiger partial charge in [-0.1, -0.05) is 11.6 Å². The molecule has 6 heteroatoms. The van der Waals surface area contributed by atoms with E-state index in [1.165, 1.54) is 4.90 Å². The van der Waals surface area contributed by atoms with Crippen molar-refractivity contribution in [3.8, 4) is 0 Å². The van der Waals surface area contributed by atoms with Gasteiger partial charge in [0.15, 0.2) is 0 Å². The number of rotatable bonds is 2. The van der Waals surface area contributed by atoms with Crippen LogP contribution in [0, 0.1) is 5.41 Å². The number of hydrogen-bond acceptors (Lipinski definition) is 3. The summed E-state index contributed by atoms with van der Waals surface area (Å²) in [5, 5.41) is 7.24. The average Bonchev–Trinajstić information content (AvgIpc) is 2.88. The van der Waals surface area contributed by atoms with Gasteiger partial charge in [-0.05, 0) is 50.1 Å². The first-order valence-electron chi connectivity index (χ1n) is 7.02. The number of amides is 1. The van der Waals surface area contributed by atoms with Crippen molar-refractivity contribution >= 4 is 41.7 Å². The Morgan fingerprint density at radius 2 is 2.33 bits per heavy atom. The molecule has 0 saturated carbocycles. The van der Waals surface area contributed by atoms with Crippen molar-refractivity contribution < 1.29 is 4.79 Å². The molecule has 1 aromatic rings. The van der Waals surface area contributed by atoms with Gasteiger partial charge in [0.25, 0.3) is 0 Å². The molecule has 2 N–H and O–H groups in total. The van der Waals surface area contributed by atoms with Crippen LogP contribution < -0.4 is 10.6 Å². The molecular weight excluding hydrogens is 327 g/mol. The highest BCUT2D eigenvalue weighted by Crippen LogP contribution is 2.38. The zero-order chi connectivity index (χ0) is 14.2. The van der Waals surface area contributed by atoms with Gasteiger partial charge >= 0.3 is 0 Å². The van der Waals surface area contributed by atoms with Crippen LogP contribution in [0.1, 0.15) is 31.4 Å². The molecule has 3 rings (SSSR count). The van der Waals surface area contributed by atoms with Crippen LogP contribution in [0.15, 0.2) is 23.1 Å². The Morgan fingerprint density at radius 3 is 3.05 bits per heavy atom. The summed E-state index contributed by atoms with van der Waals surface area (Å²) in [6, 6.07) is 6.05. The number of halogens is 2. The zero-order valence-corrected chi connectivity index (χ0v) is 14.3. The topological polar surface area (TPSA) is 41.1 Å². The summed E-state index contributed by atoms with van der Waals surface area (Å²) in [5.41, 5.74) is 0.889.